The Bertz CT molecular complexity index is 402. The summed E-state index contributed by atoms with van der Waals surface area (Å²) in [6, 6.07) is 7.02. The van der Waals surface area contributed by atoms with Gasteiger partial charge in [-0.3, -0.25) is 4.90 Å². The number of aromatic carboxylic acids is 1. The molecule has 18 heavy (non-hydrogen) atoms. The minimum atomic E-state index is -0.889. The topological polar surface area (TPSA) is 60.8 Å². The second kappa shape index (κ2) is 5.98. The van der Waals surface area contributed by atoms with Crippen molar-refractivity contribution in [2.45, 2.75) is 19.4 Å². The van der Waals surface area contributed by atoms with E-state index < -0.39 is 5.97 Å². The molecule has 0 amide bonds. The average Bonchev–Trinajstić information content (AvgIpc) is 2.39. The Morgan fingerprint density at radius 3 is 2.67 bits per heavy atom. The number of carbonyl (C=O) groups is 1. The van der Waals surface area contributed by atoms with Gasteiger partial charge in [-0.15, -0.1) is 0 Å². The molecule has 0 aromatic heterocycles. The summed E-state index contributed by atoms with van der Waals surface area (Å²) in [6.45, 7) is 3.07. The molecule has 2 rings (SSSR count). The molecule has 0 bridgehead atoms. The van der Waals surface area contributed by atoms with Crippen LogP contribution in [0.5, 0.6) is 0 Å². The number of piperidine rings is 1. The number of likely N-dealkylation sites (tertiary alicyclic amines) is 1. The van der Waals surface area contributed by atoms with E-state index in [-0.39, 0.29) is 6.61 Å². The fraction of sp³-hybridized carbons (Fsp3) is 0.500. The molecular weight excluding hydrogens is 230 g/mol. The molecule has 0 spiro atoms. The van der Waals surface area contributed by atoms with E-state index in [0.29, 0.717) is 11.5 Å². The molecular formula is C14H19NO3. The van der Waals surface area contributed by atoms with E-state index in [1.165, 1.54) is 0 Å². The summed E-state index contributed by atoms with van der Waals surface area (Å²) >= 11 is 0. The van der Waals surface area contributed by atoms with Gasteiger partial charge >= 0.3 is 5.97 Å². The summed E-state index contributed by atoms with van der Waals surface area (Å²) in [4.78, 5) is 13.1. The van der Waals surface area contributed by atoms with Gasteiger partial charge in [-0.2, -0.15) is 0 Å². The third-order valence-corrected chi connectivity index (χ3v) is 3.47. The Labute approximate surface area is 107 Å². The third-order valence-electron chi connectivity index (χ3n) is 3.47. The minimum absolute atomic E-state index is 0.258. The molecule has 4 heteroatoms. The number of benzene rings is 1. The van der Waals surface area contributed by atoms with Gasteiger partial charge in [0.25, 0.3) is 0 Å². The first-order chi connectivity index (χ1) is 8.69. The summed E-state index contributed by atoms with van der Waals surface area (Å²) < 4.78 is 0. The number of hydrogen-bond acceptors (Lipinski definition) is 3. The van der Waals surface area contributed by atoms with Gasteiger partial charge in [-0.1, -0.05) is 12.1 Å². The molecule has 0 radical (unpaired) electrons. The second-order valence-corrected chi connectivity index (χ2v) is 4.93. The highest BCUT2D eigenvalue weighted by Gasteiger charge is 2.19. The number of carboxylic acids is 1. The maximum Gasteiger partial charge on any atom is 0.335 e. The van der Waals surface area contributed by atoms with Gasteiger partial charge in [-0.05, 0) is 43.0 Å². The van der Waals surface area contributed by atoms with Crippen molar-refractivity contribution < 1.29 is 15.0 Å². The predicted molar refractivity (Wildman–Crippen MR) is 68.5 cm³/mol. The Balaban J connectivity index is 1.94. The fourth-order valence-electron chi connectivity index (χ4n) is 2.45. The highest BCUT2D eigenvalue weighted by molar-refractivity contribution is 5.87. The van der Waals surface area contributed by atoms with Crippen LogP contribution in [0, 0.1) is 5.92 Å². The van der Waals surface area contributed by atoms with E-state index >= 15 is 0 Å². The molecule has 1 aromatic carbocycles. The van der Waals surface area contributed by atoms with Gasteiger partial charge in [0.2, 0.25) is 0 Å². The molecule has 0 saturated carbocycles. The SMILES string of the molecule is O=C(O)c1ccc(CN2CCC[C@@H](CO)C2)cc1. The summed E-state index contributed by atoms with van der Waals surface area (Å²) in [5.41, 5.74) is 1.45. The van der Waals surface area contributed by atoms with Crippen LogP contribution in [0.3, 0.4) is 0 Å². The molecule has 1 fully saturated rings. The highest BCUT2D eigenvalue weighted by Crippen LogP contribution is 2.18. The van der Waals surface area contributed by atoms with Crippen molar-refractivity contribution in [1.29, 1.82) is 0 Å². The predicted octanol–water partition coefficient (Wildman–Crippen LogP) is 1.59. The minimum Gasteiger partial charge on any atom is -0.478 e. The van der Waals surface area contributed by atoms with Crippen molar-refractivity contribution in [1.82, 2.24) is 4.90 Å². The van der Waals surface area contributed by atoms with E-state index in [9.17, 15) is 9.90 Å². The monoisotopic (exact) mass is 249 g/mol. The molecule has 0 unspecified atom stereocenters. The van der Waals surface area contributed by atoms with Gasteiger partial charge in [0.1, 0.15) is 0 Å². The highest BCUT2D eigenvalue weighted by atomic mass is 16.4. The normalized spacial score (nSPS) is 20.8. The molecule has 1 aliphatic heterocycles. The standard InChI is InChI=1S/C14H19NO3/c16-10-12-2-1-7-15(9-12)8-11-3-5-13(6-4-11)14(17)18/h3-6,12,16H,1-2,7-10H2,(H,17,18)/t12-/m1/s1. The van der Waals surface area contributed by atoms with Crippen LogP contribution in [0.25, 0.3) is 0 Å². The van der Waals surface area contributed by atoms with Crippen molar-refractivity contribution in [3.8, 4) is 0 Å². The van der Waals surface area contributed by atoms with Gasteiger partial charge in [0, 0.05) is 19.7 Å². The van der Waals surface area contributed by atoms with Crippen molar-refractivity contribution in [2.24, 2.45) is 5.92 Å². The van der Waals surface area contributed by atoms with Crippen LogP contribution in [0.1, 0.15) is 28.8 Å². The summed E-state index contributed by atoms with van der Waals surface area (Å²) in [5, 5.41) is 18.0. The zero-order chi connectivity index (χ0) is 13.0. The Kier molecular flexibility index (Phi) is 4.33. The van der Waals surface area contributed by atoms with Crippen molar-refractivity contribution in [3.05, 3.63) is 35.4 Å². The lowest BCUT2D eigenvalue weighted by Gasteiger charge is -2.31. The molecule has 1 atom stereocenters. The van der Waals surface area contributed by atoms with Gasteiger partial charge in [0.05, 0.1) is 5.56 Å². The zero-order valence-electron chi connectivity index (χ0n) is 10.4. The first kappa shape index (κ1) is 13.1. The zero-order valence-corrected chi connectivity index (χ0v) is 10.4. The number of hydrogen-bond donors (Lipinski definition) is 2. The number of carboxylic acid groups (broad SMARTS) is 1. The summed E-state index contributed by atoms with van der Waals surface area (Å²) in [6.07, 6.45) is 2.23. The van der Waals surface area contributed by atoms with Gasteiger partial charge in [-0.25, -0.2) is 4.79 Å². The molecule has 1 heterocycles. The first-order valence-electron chi connectivity index (χ1n) is 6.34. The van der Waals surface area contributed by atoms with Gasteiger partial charge in [0.15, 0.2) is 0 Å². The molecule has 98 valence electrons. The number of nitrogens with zero attached hydrogens (tertiary/aromatic N) is 1. The quantitative estimate of drug-likeness (QED) is 0.850. The molecule has 1 aliphatic rings. The average molecular weight is 249 g/mol. The van der Waals surface area contributed by atoms with Crippen molar-refractivity contribution in [2.75, 3.05) is 19.7 Å². The molecule has 2 N–H and O–H groups in total. The van der Waals surface area contributed by atoms with Crippen LogP contribution in [-0.2, 0) is 6.54 Å². The van der Waals surface area contributed by atoms with E-state index in [1.54, 1.807) is 12.1 Å². The second-order valence-electron chi connectivity index (χ2n) is 4.93. The first-order valence-corrected chi connectivity index (χ1v) is 6.34. The van der Waals surface area contributed by atoms with E-state index in [4.69, 9.17) is 5.11 Å². The number of aliphatic hydroxyl groups is 1. The molecule has 1 saturated heterocycles. The maximum atomic E-state index is 10.7. The van der Waals surface area contributed by atoms with E-state index in [0.717, 1.165) is 38.0 Å². The number of rotatable bonds is 4. The summed E-state index contributed by atoms with van der Waals surface area (Å²) in [7, 11) is 0. The lowest BCUT2D eigenvalue weighted by atomic mass is 9.98. The fourth-order valence-corrected chi connectivity index (χ4v) is 2.45. The van der Waals surface area contributed by atoms with E-state index in [2.05, 4.69) is 4.90 Å². The Morgan fingerprint density at radius 2 is 2.06 bits per heavy atom. The summed E-state index contributed by atoms with van der Waals surface area (Å²) in [5.74, 6) is -0.503. The third kappa shape index (κ3) is 3.31. The number of aliphatic hydroxyl groups excluding tert-OH is 1. The largest absolute Gasteiger partial charge is 0.478 e. The molecule has 0 aliphatic carbocycles. The van der Waals surface area contributed by atoms with Crippen LogP contribution in [0.2, 0.25) is 0 Å². The Morgan fingerprint density at radius 1 is 1.33 bits per heavy atom. The maximum absolute atomic E-state index is 10.7. The van der Waals surface area contributed by atoms with Gasteiger partial charge < -0.3 is 10.2 Å². The lowest BCUT2D eigenvalue weighted by molar-refractivity contribution is 0.0697. The molecule has 4 nitrogen and oxygen atoms in total. The van der Waals surface area contributed by atoms with Crippen LogP contribution < -0.4 is 0 Å². The Hall–Kier alpha value is -1.39. The van der Waals surface area contributed by atoms with Crippen LogP contribution in [-0.4, -0.2) is 40.8 Å². The van der Waals surface area contributed by atoms with Crippen molar-refractivity contribution in [3.63, 3.8) is 0 Å². The van der Waals surface area contributed by atoms with Crippen LogP contribution in [0.4, 0.5) is 0 Å². The lowest BCUT2D eigenvalue weighted by Crippen LogP contribution is -2.36. The van der Waals surface area contributed by atoms with E-state index in [1.807, 2.05) is 12.1 Å². The van der Waals surface area contributed by atoms with Crippen LogP contribution >= 0.6 is 0 Å². The molecule has 1 aromatic rings. The van der Waals surface area contributed by atoms with Crippen molar-refractivity contribution >= 4 is 5.97 Å². The van der Waals surface area contributed by atoms with Crippen LogP contribution in [0.15, 0.2) is 24.3 Å². The smallest absolute Gasteiger partial charge is 0.335 e.